The number of aromatic nitrogens is 6. The summed E-state index contributed by atoms with van der Waals surface area (Å²) < 4.78 is 178. The highest BCUT2D eigenvalue weighted by Crippen LogP contribution is 2.50. The summed E-state index contributed by atoms with van der Waals surface area (Å²) in [6.45, 7) is 13.0. The van der Waals surface area contributed by atoms with Crippen LogP contribution in [0.4, 0.5) is 52.7 Å². The number of fused-ring (bicyclic) bond motifs is 2. The Balaban J connectivity index is 0.919. The zero-order chi connectivity index (χ0) is 74.9. The average Bonchev–Trinajstić information content (AvgIpc) is 0.717. The summed E-state index contributed by atoms with van der Waals surface area (Å²) in [5.74, 6) is -0.118. The first kappa shape index (κ1) is 71.7. The summed E-state index contributed by atoms with van der Waals surface area (Å²) in [6, 6.07) is 58.1. The number of halogens is 12. The number of ether oxygens (including phenoxy) is 4. The van der Waals surface area contributed by atoms with Crippen LogP contribution in [-0.2, 0) is 10.8 Å². The molecule has 0 bridgehead atoms. The first-order valence-electron chi connectivity index (χ1n) is 32.6. The normalized spacial score (nSPS) is 11.5. The molecule has 2 heterocycles. The van der Waals surface area contributed by atoms with Crippen molar-refractivity contribution >= 4 is 21.5 Å². The molecule has 0 N–H and O–H groups in total. The van der Waals surface area contributed by atoms with E-state index in [1.165, 1.54) is 97.1 Å². The molecule has 13 rings (SSSR count). The van der Waals surface area contributed by atoms with Gasteiger partial charge in [-0.05, 0) is 197 Å². The lowest BCUT2D eigenvalue weighted by atomic mass is 9.78. The molecule has 106 heavy (non-hydrogen) atoms. The van der Waals surface area contributed by atoms with Gasteiger partial charge in [-0.2, -0.15) is 52.7 Å². The number of rotatable bonds is 18. The van der Waals surface area contributed by atoms with Gasteiger partial charge in [0, 0.05) is 33.4 Å². The quantitative estimate of drug-likeness (QED) is 0.0467. The van der Waals surface area contributed by atoms with E-state index in [2.05, 4.69) is 131 Å². The van der Waals surface area contributed by atoms with Crippen LogP contribution in [0.25, 0.3) is 134 Å². The van der Waals surface area contributed by atoms with Crippen molar-refractivity contribution in [1.82, 2.24) is 29.9 Å². The van der Waals surface area contributed by atoms with Crippen molar-refractivity contribution in [3.05, 3.63) is 290 Å². The van der Waals surface area contributed by atoms with Gasteiger partial charge in [-0.25, -0.2) is 29.9 Å². The Morgan fingerprint density at radius 1 is 0.236 bits per heavy atom. The molecule has 0 aliphatic heterocycles. The molecule has 0 saturated heterocycles. The van der Waals surface area contributed by atoms with E-state index in [9.17, 15) is 52.7 Å². The molecule has 0 fully saturated rings. The maximum atomic E-state index is 13.8. The van der Waals surface area contributed by atoms with Crippen molar-refractivity contribution in [2.45, 2.75) is 52.4 Å². The maximum absolute atomic E-state index is 13.8. The van der Waals surface area contributed by atoms with E-state index in [0.29, 0.717) is 33.4 Å². The SMILES string of the molecule is CC(C)(C)c1ccc2c(-c3ccccc3-c3ccc(-c4nc(-c5ccc(OC(F)=C(F)F)cc5)nc(-c5ccc(OC(F)=C(F)F)cc5)n4)cc3)c3cc(C(C)(C)C)ccc3c(-c3ccccc3-c3ccc(-c4nc(-c5ccc(OC(F)=C(F)F)cc5)nc(-c5ccc(OC(F)=C(F)F)cc5)n4)cc3)c2c1. The van der Waals surface area contributed by atoms with Crippen LogP contribution >= 0.6 is 0 Å². The minimum Gasteiger partial charge on any atom is -0.428 e. The zero-order valence-corrected chi connectivity index (χ0v) is 56.8. The van der Waals surface area contributed by atoms with E-state index >= 15 is 0 Å². The van der Waals surface area contributed by atoms with Crippen LogP contribution in [-0.4, -0.2) is 29.9 Å². The van der Waals surface area contributed by atoms with Gasteiger partial charge in [0.15, 0.2) is 34.9 Å². The summed E-state index contributed by atoms with van der Waals surface area (Å²) in [4.78, 5) is 28.6. The molecule has 13 aromatic rings. The van der Waals surface area contributed by atoms with Gasteiger partial charge in [0.25, 0.3) is 0 Å². The molecule has 22 heteroatoms. The Morgan fingerprint density at radius 2 is 0.443 bits per heavy atom. The molecule has 0 radical (unpaired) electrons. The van der Waals surface area contributed by atoms with E-state index in [4.69, 9.17) is 19.9 Å². The lowest BCUT2D eigenvalue weighted by molar-refractivity contribution is 0.241. The molecule has 0 saturated carbocycles. The van der Waals surface area contributed by atoms with Gasteiger partial charge in [-0.3, -0.25) is 0 Å². The standard InChI is InChI=1S/C84H56F12N6O4/c1-83(2,3)53-31-41-63-65(43-53)67(61-13-9-7-11-59(61)45-15-19-47(20-16-45)77-97-79(49-23-33-55(34-24-49)103-73(93)69(85)86)101-80(98-77)50-25-35-56(36-26-50)104-74(94)70(87)88)64-42-32-54(84(4,5)6)44-66(64)68(63)62-14-10-8-12-60(62)46-17-21-48(22-18-46)78-99-81(51-27-37-57(38-28-51)105-75(95)71(89)90)102-82(100-78)52-29-39-58(40-30-52)106-76(96)72(91)92/h7-44H,1-6H3. The highest BCUT2D eigenvalue weighted by atomic mass is 19.3. The molecular formula is C84H56F12N6O4. The highest BCUT2D eigenvalue weighted by molar-refractivity contribution is 6.23. The van der Waals surface area contributed by atoms with Gasteiger partial charge in [0.05, 0.1) is 0 Å². The van der Waals surface area contributed by atoms with Crippen molar-refractivity contribution in [2.75, 3.05) is 0 Å². The van der Waals surface area contributed by atoms with Gasteiger partial charge in [0.2, 0.25) is 0 Å². The van der Waals surface area contributed by atoms with Gasteiger partial charge < -0.3 is 18.9 Å². The van der Waals surface area contributed by atoms with Crippen LogP contribution in [0.1, 0.15) is 52.7 Å². The second-order valence-corrected chi connectivity index (χ2v) is 26.3. The minimum atomic E-state index is -2.64. The van der Waals surface area contributed by atoms with Crippen molar-refractivity contribution in [3.63, 3.8) is 0 Å². The van der Waals surface area contributed by atoms with Crippen molar-refractivity contribution in [3.8, 4) is 136 Å². The summed E-state index contributed by atoms with van der Waals surface area (Å²) in [6.07, 6.45) is -10.6. The van der Waals surface area contributed by atoms with Crippen molar-refractivity contribution in [2.24, 2.45) is 0 Å². The van der Waals surface area contributed by atoms with Gasteiger partial charge in [0.1, 0.15) is 23.0 Å². The third-order valence-corrected chi connectivity index (χ3v) is 17.3. The monoisotopic (exact) mass is 1440 g/mol. The van der Waals surface area contributed by atoms with Crippen LogP contribution < -0.4 is 18.9 Å². The fourth-order valence-electron chi connectivity index (χ4n) is 12.0. The third-order valence-electron chi connectivity index (χ3n) is 17.3. The maximum Gasteiger partial charge on any atom is 0.344 e. The molecule has 0 atom stereocenters. The van der Waals surface area contributed by atoms with Gasteiger partial charge in [-0.1, -0.05) is 163 Å². The molecule has 0 aliphatic rings. The van der Waals surface area contributed by atoms with E-state index in [0.717, 1.165) is 77.2 Å². The van der Waals surface area contributed by atoms with E-state index in [-0.39, 0.29) is 68.8 Å². The molecule has 10 nitrogen and oxygen atoms in total. The second-order valence-electron chi connectivity index (χ2n) is 26.3. The van der Waals surface area contributed by atoms with Crippen LogP contribution in [0, 0.1) is 0 Å². The Labute approximate surface area is 598 Å². The molecule has 11 aromatic carbocycles. The van der Waals surface area contributed by atoms with Crippen LogP contribution in [0.5, 0.6) is 23.0 Å². The number of nitrogens with zero attached hydrogens (tertiary/aromatic N) is 6. The van der Waals surface area contributed by atoms with E-state index in [1.807, 2.05) is 72.8 Å². The van der Waals surface area contributed by atoms with Crippen LogP contribution in [0.2, 0.25) is 0 Å². The lowest BCUT2D eigenvalue weighted by Crippen LogP contribution is -2.11. The molecular weight excluding hydrogens is 1380 g/mol. The lowest BCUT2D eigenvalue weighted by Gasteiger charge is -2.26. The smallest absolute Gasteiger partial charge is 0.344 e. The number of benzene rings is 11. The summed E-state index contributed by atoms with van der Waals surface area (Å²) in [5, 5.41) is 3.89. The first-order chi connectivity index (χ1) is 50.7. The minimum absolute atomic E-state index is 0.107. The predicted octanol–water partition coefficient (Wildman–Crippen LogP) is 25.3. The van der Waals surface area contributed by atoms with Crippen LogP contribution in [0.3, 0.4) is 0 Å². The molecule has 0 spiro atoms. The topological polar surface area (TPSA) is 114 Å². The fraction of sp³-hybridized carbons (Fsp3) is 0.0952. The Hall–Kier alpha value is -12.7. The summed E-state index contributed by atoms with van der Waals surface area (Å²) >= 11 is 0. The Morgan fingerprint density at radius 3 is 0.660 bits per heavy atom. The second kappa shape index (κ2) is 29.6. The third kappa shape index (κ3) is 15.5. The Kier molecular flexibility index (Phi) is 20.0. The van der Waals surface area contributed by atoms with Crippen LogP contribution in [0.15, 0.2) is 279 Å². The largest absolute Gasteiger partial charge is 0.428 e. The Bertz CT molecular complexity index is 5130. The van der Waals surface area contributed by atoms with Crippen molar-refractivity contribution in [1.29, 1.82) is 0 Å². The molecule has 2 aromatic heterocycles. The van der Waals surface area contributed by atoms with Gasteiger partial charge in [-0.15, -0.1) is 0 Å². The van der Waals surface area contributed by atoms with Crippen molar-refractivity contribution < 1.29 is 71.6 Å². The average molecular weight is 1440 g/mol. The molecule has 530 valence electrons. The predicted molar refractivity (Wildman–Crippen MR) is 384 cm³/mol. The molecule has 0 amide bonds. The number of hydrogen-bond donors (Lipinski definition) is 0. The molecule has 0 unspecified atom stereocenters. The van der Waals surface area contributed by atoms with Gasteiger partial charge >= 0.3 is 48.4 Å². The number of hydrogen-bond acceptors (Lipinski definition) is 10. The summed E-state index contributed by atoms with van der Waals surface area (Å²) in [7, 11) is 0. The highest BCUT2D eigenvalue weighted by Gasteiger charge is 2.27. The fourth-order valence-corrected chi connectivity index (χ4v) is 12.0. The van der Waals surface area contributed by atoms with E-state index in [1.54, 1.807) is 0 Å². The zero-order valence-electron chi connectivity index (χ0n) is 56.8. The summed E-state index contributed by atoms with van der Waals surface area (Å²) in [5.41, 5.74) is 11.3. The first-order valence-corrected chi connectivity index (χ1v) is 32.6. The molecule has 0 aliphatic carbocycles. The van der Waals surface area contributed by atoms with E-state index < -0.39 is 48.4 Å².